The molecule has 9 aromatic carbocycles. The molecule has 4 nitrogen and oxygen atoms in total. The van der Waals surface area contributed by atoms with Gasteiger partial charge in [-0.2, -0.15) is 0 Å². The zero-order valence-corrected chi connectivity index (χ0v) is 35.5. The molecule has 1 aliphatic heterocycles. The van der Waals surface area contributed by atoms with E-state index in [2.05, 4.69) is 217 Å². The Bertz CT molecular complexity index is 3070. The molecule has 0 amide bonds. The molecule has 4 heteroatoms. The largest absolute Gasteiger partial charge is 0.457 e. The third-order valence-electron chi connectivity index (χ3n) is 12.8. The molecule has 304 valence electrons. The first-order valence-corrected chi connectivity index (χ1v) is 21.9. The van der Waals surface area contributed by atoms with Crippen molar-refractivity contribution in [3.63, 3.8) is 0 Å². The highest BCUT2D eigenvalue weighted by Crippen LogP contribution is 2.59. The molecule has 63 heavy (non-hydrogen) atoms. The van der Waals surface area contributed by atoms with Gasteiger partial charge in [-0.3, -0.25) is 0 Å². The number of hydrogen-bond acceptors (Lipinski definition) is 4. The highest BCUT2D eigenvalue weighted by atomic mass is 16.5. The minimum Gasteiger partial charge on any atom is -0.457 e. The van der Waals surface area contributed by atoms with Gasteiger partial charge in [0.05, 0.1) is 17.1 Å². The van der Waals surface area contributed by atoms with Crippen LogP contribution < -0.4 is 19.4 Å². The van der Waals surface area contributed by atoms with Gasteiger partial charge in [0.1, 0.15) is 11.5 Å². The maximum atomic E-state index is 6.55. The molecule has 0 N–H and O–H groups in total. The molecule has 0 spiro atoms. The second-order valence-electron chi connectivity index (χ2n) is 16.9. The van der Waals surface area contributed by atoms with Crippen LogP contribution >= 0.6 is 0 Å². The van der Waals surface area contributed by atoms with Gasteiger partial charge >= 0.3 is 0 Å². The standard InChI is InChI=1S/C59H47N3O/c1-59(2)52-34-16-15-32-50(52)56-53(59)36-37-54(57(56)51-33-19-35-55-58(51)61(45-25-11-5-12-26-45)39-38-60(55)44-23-9-4-10-24-44)62(46-27-17-22-43(40-46)42-20-7-3-8-21-42)47-28-18-31-49(41-47)63-48-29-13-6-14-30-48/h3-37,40-41H,38-39H2,1-2H3. The third-order valence-corrected chi connectivity index (χ3v) is 12.8. The van der Waals surface area contributed by atoms with Crippen molar-refractivity contribution in [1.82, 2.24) is 0 Å². The van der Waals surface area contributed by atoms with Gasteiger partial charge in [0.15, 0.2) is 0 Å². The van der Waals surface area contributed by atoms with Gasteiger partial charge in [0.2, 0.25) is 0 Å². The lowest BCUT2D eigenvalue weighted by atomic mass is 9.81. The van der Waals surface area contributed by atoms with E-state index < -0.39 is 0 Å². The number of nitrogens with zero attached hydrogens (tertiary/aromatic N) is 3. The Hall–Kier alpha value is -7.82. The summed E-state index contributed by atoms with van der Waals surface area (Å²) in [5, 5.41) is 0. The Kier molecular flexibility index (Phi) is 9.62. The maximum Gasteiger partial charge on any atom is 0.129 e. The number of benzene rings is 9. The number of hydrogen-bond donors (Lipinski definition) is 0. The number of ether oxygens (including phenoxy) is 1. The Morgan fingerprint density at radius 2 is 0.984 bits per heavy atom. The van der Waals surface area contributed by atoms with E-state index in [-0.39, 0.29) is 5.41 Å². The minimum atomic E-state index is -0.218. The van der Waals surface area contributed by atoms with Crippen molar-refractivity contribution in [2.45, 2.75) is 19.3 Å². The quantitative estimate of drug-likeness (QED) is 0.144. The summed E-state index contributed by atoms with van der Waals surface area (Å²) in [6, 6.07) is 80.6. The average molecular weight is 814 g/mol. The molecule has 0 saturated carbocycles. The van der Waals surface area contributed by atoms with E-state index in [9.17, 15) is 0 Å². The van der Waals surface area contributed by atoms with Gasteiger partial charge in [-0.25, -0.2) is 0 Å². The van der Waals surface area contributed by atoms with Gasteiger partial charge in [0, 0.05) is 58.4 Å². The first-order chi connectivity index (χ1) is 31.0. The molecule has 1 aliphatic carbocycles. The molecule has 0 aromatic heterocycles. The molecule has 9 aromatic rings. The molecule has 0 radical (unpaired) electrons. The fourth-order valence-electron chi connectivity index (χ4n) is 9.84. The van der Waals surface area contributed by atoms with Crippen LogP contribution in [0.2, 0.25) is 0 Å². The van der Waals surface area contributed by atoms with E-state index in [4.69, 9.17) is 4.74 Å². The number of anilines is 7. The van der Waals surface area contributed by atoms with Gasteiger partial charge in [0.25, 0.3) is 0 Å². The summed E-state index contributed by atoms with van der Waals surface area (Å²) >= 11 is 0. The number of fused-ring (bicyclic) bond motifs is 4. The molecule has 1 heterocycles. The van der Waals surface area contributed by atoms with Crippen molar-refractivity contribution in [3.8, 4) is 44.9 Å². The molecule has 0 bridgehead atoms. The highest BCUT2D eigenvalue weighted by molar-refractivity contribution is 6.07. The first kappa shape index (κ1) is 38.1. The van der Waals surface area contributed by atoms with Crippen molar-refractivity contribution < 1.29 is 4.74 Å². The Labute approximate surface area is 370 Å². The lowest BCUT2D eigenvalue weighted by Gasteiger charge is -2.41. The second-order valence-corrected chi connectivity index (χ2v) is 16.9. The van der Waals surface area contributed by atoms with E-state index in [1.54, 1.807) is 0 Å². The van der Waals surface area contributed by atoms with Crippen molar-refractivity contribution >= 4 is 39.8 Å². The highest BCUT2D eigenvalue weighted by Gasteiger charge is 2.40. The van der Waals surface area contributed by atoms with Crippen LogP contribution in [0, 0.1) is 0 Å². The van der Waals surface area contributed by atoms with Crippen molar-refractivity contribution in [2.75, 3.05) is 27.8 Å². The van der Waals surface area contributed by atoms with E-state index in [1.165, 1.54) is 61.7 Å². The lowest BCUT2D eigenvalue weighted by molar-refractivity contribution is 0.483. The van der Waals surface area contributed by atoms with Crippen LogP contribution in [-0.2, 0) is 5.41 Å². The predicted octanol–water partition coefficient (Wildman–Crippen LogP) is 15.9. The Morgan fingerprint density at radius 1 is 0.429 bits per heavy atom. The Morgan fingerprint density at radius 3 is 1.73 bits per heavy atom. The minimum absolute atomic E-state index is 0.218. The van der Waals surface area contributed by atoms with Gasteiger partial charge in [-0.15, -0.1) is 0 Å². The van der Waals surface area contributed by atoms with Crippen molar-refractivity contribution in [1.29, 1.82) is 0 Å². The second kappa shape index (κ2) is 15.9. The van der Waals surface area contributed by atoms with Crippen LogP contribution in [0.4, 0.5) is 39.8 Å². The number of rotatable bonds is 9. The smallest absolute Gasteiger partial charge is 0.129 e. The summed E-state index contributed by atoms with van der Waals surface area (Å²) in [6.07, 6.45) is 0. The zero-order chi connectivity index (χ0) is 42.3. The summed E-state index contributed by atoms with van der Waals surface area (Å²) in [4.78, 5) is 7.47. The topological polar surface area (TPSA) is 19.0 Å². The molecule has 0 saturated heterocycles. The lowest BCUT2D eigenvalue weighted by Crippen LogP contribution is -2.36. The monoisotopic (exact) mass is 813 g/mol. The van der Waals surface area contributed by atoms with E-state index in [1.807, 2.05) is 36.4 Å². The molecule has 2 aliphatic rings. The SMILES string of the molecule is CC1(C)c2ccccc2-c2c1ccc(N(c1cccc(Oc3ccccc3)c1)c1cccc(-c3ccccc3)c1)c2-c1cccc2c1N(c1ccccc1)CCN2c1ccccc1. The van der Waals surface area contributed by atoms with E-state index in [0.29, 0.717) is 0 Å². The van der Waals surface area contributed by atoms with Crippen LogP contribution in [0.25, 0.3) is 33.4 Å². The van der Waals surface area contributed by atoms with Crippen LogP contribution in [0.15, 0.2) is 224 Å². The molecule has 0 unspecified atom stereocenters. The van der Waals surface area contributed by atoms with Gasteiger partial charge < -0.3 is 19.4 Å². The maximum absolute atomic E-state index is 6.55. The average Bonchev–Trinajstić information content (AvgIpc) is 3.58. The number of para-hydroxylation sites is 4. The summed E-state index contributed by atoms with van der Waals surface area (Å²) in [6.45, 7) is 6.41. The molecular weight excluding hydrogens is 767 g/mol. The molecular formula is C59H47N3O. The summed E-state index contributed by atoms with van der Waals surface area (Å²) in [7, 11) is 0. The molecule has 0 atom stereocenters. The van der Waals surface area contributed by atoms with Crippen molar-refractivity contribution in [3.05, 3.63) is 236 Å². The fourth-order valence-corrected chi connectivity index (χ4v) is 9.84. The van der Waals surface area contributed by atoms with Gasteiger partial charge in [-0.1, -0.05) is 159 Å². The Balaban J connectivity index is 1.22. The third kappa shape index (κ3) is 6.81. The first-order valence-electron chi connectivity index (χ1n) is 21.9. The van der Waals surface area contributed by atoms with Crippen molar-refractivity contribution in [2.24, 2.45) is 0 Å². The van der Waals surface area contributed by atoms with E-state index in [0.717, 1.165) is 47.2 Å². The molecule has 0 fully saturated rings. The summed E-state index contributed by atoms with van der Waals surface area (Å²) < 4.78 is 6.55. The van der Waals surface area contributed by atoms with Crippen LogP contribution in [0.1, 0.15) is 25.0 Å². The van der Waals surface area contributed by atoms with Gasteiger partial charge in [-0.05, 0) is 106 Å². The summed E-state index contributed by atoms with van der Waals surface area (Å²) in [5.74, 6) is 1.56. The normalized spacial score (nSPS) is 13.5. The zero-order valence-electron chi connectivity index (χ0n) is 35.5. The van der Waals surface area contributed by atoms with Crippen LogP contribution in [0.5, 0.6) is 11.5 Å². The predicted molar refractivity (Wildman–Crippen MR) is 263 cm³/mol. The summed E-state index contributed by atoms with van der Waals surface area (Å²) in [5.41, 5.74) is 17.5. The van der Waals surface area contributed by atoms with Crippen LogP contribution in [0.3, 0.4) is 0 Å². The van der Waals surface area contributed by atoms with E-state index >= 15 is 0 Å². The van der Waals surface area contributed by atoms with Crippen LogP contribution in [-0.4, -0.2) is 13.1 Å². The molecule has 11 rings (SSSR count). The fraction of sp³-hybridized carbons (Fsp3) is 0.0847.